The van der Waals surface area contributed by atoms with E-state index in [0.29, 0.717) is 16.6 Å². The van der Waals surface area contributed by atoms with Gasteiger partial charge in [0.25, 0.3) is 5.91 Å². The first-order valence-corrected chi connectivity index (χ1v) is 11.9. The Bertz CT molecular complexity index is 1410. The second kappa shape index (κ2) is 9.13. The Balaban J connectivity index is 1.61. The zero-order valence-electron chi connectivity index (χ0n) is 18.2. The quantitative estimate of drug-likeness (QED) is 0.436. The molecule has 7 nitrogen and oxygen atoms in total. The van der Waals surface area contributed by atoms with Crippen LogP contribution in [0.2, 0.25) is 0 Å². The van der Waals surface area contributed by atoms with Crippen molar-refractivity contribution in [3.63, 3.8) is 0 Å². The fraction of sp³-hybridized carbons (Fsp3) is 0.167. The van der Waals surface area contributed by atoms with E-state index in [9.17, 15) is 17.6 Å². The third-order valence-electron chi connectivity index (χ3n) is 5.43. The molecule has 1 aromatic heterocycles. The van der Waals surface area contributed by atoms with E-state index in [2.05, 4.69) is 15.1 Å². The van der Waals surface area contributed by atoms with E-state index >= 15 is 0 Å². The number of sulfonamides is 1. The Kier molecular flexibility index (Phi) is 6.26. The zero-order chi connectivity index (χ0) is 23.6. The molecule has 3 aromatic carbocycles. The number of halogens is 1. The van der Waals surface area contributed by atoms with Crippen molar-refractivity contribution in [2.75, 3.05) is 7.05 Å². The minimum absolute atomic E-state index is 0.158. The molecule has 0 radical (unpaired) electrons. The maximum atomic E-state index is 13.3. The lowest BCUT2D eigenvalue weighted by molar-refractivity contribution is 0.0952. The summed E-state index contributed by atoms with van der Waals surface area (Å²) in [4.78, 5) is 13.2. The average molecular weight is 467 g/mol. The highest BCUT2D eigenvalue weighted by atomic mass is 32.2. The second-order valence-electron chi connectivity index (χ2n) is 7.50. The number of hydrogen-bond donors (Lipinski definition) is 2. The molecule has 2 N–H and O–H groups in total. The number of benzene rings is 3. The van der Waals surface area contributed by atoms with Crippen molar-refractivity contribution in [3.8, 4) is 5.69 Å². The van der Waals surface area contributed by atoms with Crippen LogP contribution in [0.15, 0.2) is 71.8 Å². The van der Waals surface area contributed by atoms with Crippen LogP contribution in [-0.4, -0.2) is 31.2 Å². The number of rotatable bonds is 7. The largest absolute Gasteiger partial charge is 0.348 e. The molecule has 4 rings (SSSR count). The fourth-order valence-electron chi connectivity index (χ4n) is 3.55. The van der Waals surface area contributed by atoms with E-state index in [1.165, 1.54) is 31.3 Å². The summed E-state index contributed by atoms with van der Waals surface area (Å²) in [6.07, 6.45) is 2.36. The van der Waals surface area contributed by atoms with Crippen LogP contribution < -0.4 is 10.0 Å². The van der Waals surface area contributed by atoms with Crippen LogP contribution in [0.3, 0.4) is 0 Å². The number of aromatic nitrogens is 2. The lowest BCUT2D eigenvalue weighted by atomic mass is 10.0. The first-order chi connectivity index (χ1) is 15.8. The fourth-order valence-corrected chi connectivity index (χ4v) is 4.28. The molecule has 0 aliphatic heterocycles. The van der Waals surface area contributed by atoms with Crippen LogP contribution in [0.1, 0.15) is 28.4 Å². The summed E-state index contributed by atoms with van der Waals surface area (Å²) < 4.78 is 41.0. The van der Waals surface area contributed by atoms with Crippen LogP contribution in [-0.2, 0) is 23.0 Å². The van der Waals surface area contributed by atoms with Gasteiger partial charge in [0.2, 0.25) is 10.0 Å². The topological polar surface area (TPSA) is 93.1 Å². The van der Waals surface area contributed by atoms with Gasteiger partial charge >= 0.3 is 0 Å². The van der Waals surface area contributed by atoms with E-state index in [1.807, 2.05) is 19.1 Å². The molecule has 33 heavy (non-hydrogen) atoms. The van der Waals surface area contributed by atoms with Gasteiger partial charge in [0.05, 0.1) is 27.9 Å². The summed E-state index contributed by atoms with van der Waals surface area (Å²) in [5.74, 6) is -0.595. The van der Waals surface area contributed by atoms with Crippen molar-refractivity contribution < 1.29 is 17.6 Å². The Labute approximate surface area is 191 Å². The highest BCUT2D eigenvalue weighted by molar-refractivity contribution is 7.89. The number of carbonyl (C=O) groups is 1. The molecule has 0 bridgehead atoms. The molecule has 1 heterocycles. The summed E-state index contributed by atoms with van der Waals surface area (Å²) >= 11 is 0. The number of carbonyl (C=O) groups excluding carboxylic acids is 1. The van der Waals surface area contributed by atoms with Crippen LogP contribution >= 0.6 is 0 Å². The molecular formula is C24H23FN4O3S. The predicted molar refractivity (Wildman–Crippen MR) is 124 cm³/mol. The zero-order valence-corrected chi connectivity index (χ0v) is 19.0. The summed E-state index contributed by atoms with van der Waals surface area (Å²) in [6.45, 7) is 2.24. The van der Waals surface area contributed by atoms with Gasteiger partial charge in [-0.25, -0.2) is 22.2 Å². The van der Waals surface area contributed by atoms with Crippen LogP contribution in [0.5, 0.6) is 0 Å². The summed E-state index contributed by atoms with van der Waals surface area (Å²) in [5.41, 5.74) is 3.68. The first-order valence-electron chi connectivity index (χ1n) is 10.4. The third-order valence-corrected chi connectivity index (χ3v) is 6.86. The number of nitrogens with one attached hydrogen (secondary N) is 2. The standard InChI is InChI=1S/C24H23FN4O3S/c1-3-16-12-21(22-15-28-29(23(22)13-16)19-8-6-18(25)7-9-19)24(30)27-14-17-4-10-20(11-5-17)33(31,32)26-2/h4-13,15,26H,3,14H2,1-2H3,(H,27,30). The predicted octanol–water partition coefficient (Wildman–Crippen LogP) is 3.57. The van der Waals surface area contributed by atoms with Gasteiger partial charge in [-0.3, -0.25) is 4.79 Å². The van der Waals surface area contributed by atoms with Crippen molar-refractivity contribution in [1.82, 2.24) is 19.8 Å². The average Bonchev–Trinajstić information content (AvgIpc) is 3.26. The molecule has 0 saturated carbocycles. The highest BCUT2D eigenvalue weighted by Crippen LogP contribution is 2.25. The number of fused-ring (bicyclic) bond motifs is 1. The van der Waals surface area contributed by atoms with Gasteiger partial charge in [0.15, 0.2) is 0 Å². The summed E-state index contributed by atoms with van der Waals surface area (Å²) in [6, 6.07) is 16.1. The van der Waals surface area contributed by atoms with Gasteiger partial charge in [0.1, 0.15) is 5.82 Å². The summed E-state index contributed by atoms with van der Waals surface area (Å²) in [5, 5.41) is 8.01. The van der Waals surface area contributed by atoms with E-state index < -0.39 is 10.0 Å². The van der Waals surface area contributed by atoms with Crippen molar-refractivity contribution in [2.24, 2.45) is 0 Å². The molecular weight excluding hydrogens is 443 g/mol. The van der Waals surface area contributed by atoms with E-state index in [0.717, 1.165) is 23.1 Å². The summed E-state index contributed by atoms with van der Waals surface area (Å²) in [7, 11) is -2.16. The Morgan fingerprint density at radius 3 is 2.36 bits per heavy atom. The first kappa shape index (κ1) is 22.6. The SMILES string of the molecule is CCc1cc(C(=O)NCc2ccc(S(=O)(=O)NC)cc2)c2cnn(-c3ccc(F)cc3)c2c1. The van der Waals surface area contributed by atoms with Gasteiger partial charge in [-0.1, -0.05) is 19.1 Å². The minimum atomic E-state index is -3.51. The van der Waals surface area contributed by atoms with Gasteiger partial charge in [-0.05, 0) is 73.1 Å². The van der Waals surface area contributed by atoms with Crippen molar-refractivity contribution >= 4 is 26.8 Å². The molecule has 0 saturated heterocycles. The molecule has 4 aromatic rings. The smallest absolute Gasteiger partial charge is 0.252 e. The molecule has 0 aliphatic rings. The molecule has 0 spiro atoms. The molecule has 0 aliphatic carbocycles. The lowest BCUT2D eigenvalue weighted by Crippen LogP contribution is -2.23. The van der Waals surface area contributed by atoms with Gasteiger partial charge in [-0.2, -0.15) is 5.10 Å². The number of hydrogen-bond acceptors (Lipinski definition) is 4. The normalized spacial score (nSPS) is 11.6. The molecule has 9 heteroatoms. The Morgan fingerprint density at radius 1 is 1.03 bits per heavy atom. The second-order valence-corrected chi connectivity index (χ2v) is 9.38. The highest BCUT2D eigenvalue weighted by Gasteiger charge is 2.16. The van der Waals surface area contributed by atoms with Crippen LogP contribution in [0.25, 0.3) is 16.6 Å². The third kappa shape index (κ3) is 4.64. The van der Waals surface area contributed by atoms with Crippen molar-refractivity contribution in [3.05, 3.63) is 89.4 Å². The number of aryl methyl sites for hydroxylation is 1. The monoisotopic (exact) mass is 466 g/mol. The Hall–Kier alpha value is -3.56. The minimum Gasteiger partial charge on any atom is -0.348 e. The number of nitrogens with zero attached hydrogens (tertiary/aromatic N) is 2. The molecule has 170 valence electrons. The maximum Gasteiger partial charge on any atom is 0.252 e. The van der Waals surface area contributed by atoms with Gasteiger partial charge in [-0.15, -0.1) is 0 Å². The van der Waals surface area contributed by atoms with Gasteiger partial charge in [0, 0.05) is 11.9 Å². The Morgan fingerprint density at radius 2 is 1.73 bits per heavy atom. The van der Waals surface area contributed by atoms with E-state index in [1.54, 1.807) is 35.1 Å². The molecule has 0 atom stereocenters. The maximum absolute atomic E-state index is 13.3. The number of amides is 1. The van der Waals surface area contributed by atoms with Crippen molar-refractivity contribution in [2.45, 2.75) is 24.8 Å². The molecule has 0 fully saturated rings. The van der Waals surface area contributed by atoms with E-state index in [4.69, 9.17) is 0 Å². The van der Waals surface area contributed by atoms with Crippen molar-refractivity contribution in [1.29, 1.82) is 0 Å². The molecule has 0 unspecified atom stereocenters. The van der Waals surface area contributed by atoms with Crippen LogP contribution in [0.4, 0.5) is 4.39 Å². The van der Waals surface area contributed by atoms with E-state index in [-0.39, 0.29) is 23.2 Å². The molecule has 1 amide bonds. The van der Waals surface area contributed by atoms with Crippen LogP contribution in [0, 0.1) is 5.82 Å². The lowest BCUT2D eigenvalue weighted by Gasteiger charge is -2.10. The van der Waals surface area contributed by atoms with Gasteiger partial charge < -0.3 is 5.32 Å².